The molecule has 3 nitrogen and oxygen atoms in total. The van der Waals surface area contributed by atoms with Crippen LogP contribution in [0.25, 0.3) is 0 Å². The van der Waals surface area contributed by atoms with Gasteiger partial charge in [0.15, 0.2) is 0 Å². The van der Waals surface area contributed by atoms with Crippen LogP contribution in [0.4, 0.5) is 0 Å². The zero-order valence-electron chi connectivity index (χ0n) is 7.42. The van der Waals surface area contributed by atoms with Crippen molar-refractivity contribution < 1.29 is 9.53 Å². The highest BCUT2D eigenvalue weighted by molar-refractivity contribution is 5.36. The van der Waals surface area contributed by atoms with E-state index in [0.29, 0.717) is 19.1 Å². The van der Waals surface area contributed by atoms with E-state index < -0.39 is 0 Å². The first-order valence-corrected chi connectivity index (χ1v) is 4.72. The van der Waals surface area contributed by atoms with Gasteiger partial charge in [0, 0.05) is 6.04 Å². The minimum absolute atomic E-state index is 0.525. The molecule has 0 aromatic carbocycles. The molecular weight excluding hydrogens is 154 g/mol. The molecule has 1 saturated heterocycles. The van der Waals surface area contributed by atoms with Crippen LogP contribution < -0.4 is 5.32 Å². The van der Waals surface area contributed by atoms with Gasteiger partial charge in [0.2, 0.25) is 0 Å². The summed E-state index contributed by atoms with van der Waals surface area (Å²) in [6.07, 6.45) is 6.10. The molecule has 0 radical (unpaired) electrons. The SMILES string of the molecule is O=COCCC1CCCCCN1. The second-order valence-corrected chi connectivity index (χ2v) is 3.26. The van der Waals surface area contributed by atoms with Gasteiger partial charge in [0.25, 0.3) is 6.47 Å². The van der Waals surface area contributed by atoms with Crippen molar-refractivity contribution in [2.24, 2.45) is 0 Å². The van der Waals surface area contributed by atoms with E-state index in [9.17, 15) is 4.79 Å². The Hall–Kier alpha value is -0.570. The Kier molecular flexibility index (Phi) is 4.76. The second-order valence-electron chi connectivity index (χ2n) is 3.26. The van der Waals surface area contributed by atoms with E-state index in [1.165, 1.54) is 25.7 Å². The van der Waals surface area contributed by atoms with Crippen LogP contribution in [-0.4, -0.2) is 25.7 Å². The summed E-state index contributed by atoms with van der Waals surface area (Å²) in [6, 6.07) is 0.562. The molecule has 0 saturated carbocycles. The van der Waals surface area contributed by atoms with Crippen molar-refractivity contribution in [1.82, 2.24) is 5.32 Å². The standard InChI is InChI=1S/C9H17NO2/c11-8-12-7-5-9-4-2-1-3-6-10-9/h8-10H,1-7H2. The van der Waals surface area contributed by atoms with Gasteiger partial charge in [-0.05, 0) is 25.8 Å². The minimum Gasteiger partial charge on any atom is -0.468 e. The number of ether oxygens (including phenoxy) is 1. The lowest BCUT2D eigenvalue weighted by Crippen LogP contribution is -2.29. The highest BCUT2D eigenvalue weighted by Crippen LogP contribution is 2.10. The van der Waals surface area contributed by atoms with Gasteiger partial charge in [-0.3, -0.25) is 4.79 Å². The first-order chi connectivity index (χ1) is 5.93. The predicted octanol–water partition coefficient (Wildman–Crippen LogP) is 1.08. The van der Waals surface area contributed by atoms with Gasteiger partial charge in [-0.15, -0.1) is 0 Å². The Balaban J connectivity index is 2.07. The summed E-state index contributed by atoms with van der Waals surface area (Å²) in [5, 5.41) is 3.44. The van der Waals surface area contributed by atoms with Crippen molar-refractivity contribution in [3.8, 4) is 0 Å². The first kappa shape index (κ1) is 9.52. The van der Waals surface area contributed by atoms with Crippen LogP contribution in [0.2, 0.25) is 0 Å². The molecule has 3 heteroatoms. The average molecular weight is 171 g/mol. The largest absolute Gasteiger partial charge is 0.468 e. The van der Waals surface area contributed by atoms with E-state index in [-0.39, 0.29) is 0 Å². The molecule has 0 aromatic rings. The molecule has 0 spiro atoms. The van der Waals surface area contributed by atoms with Gasteiger partial charge in [0.1, 0.15) is 0 Å². The number of carbonyl (C=O) groups is 1. The molecule has 1 atom stereocenters. The van der Waals surface area contributed by atoms with Gasteiger partial charge in [-0.2, -0.15) is 0 Å². The maximum Gasteiger partial charge on any atom is 0.293 e. The van der Waals surface area contributed by atoms with Gasteiger partial charge in [0.05, 0.1) is 6.61 Å². The smallest absolute Gasteiger partial charge is 0.293 e. The van der Waals surface area contributed by atoms with Crippen LogP contribution in [0.1, 0.15) is 32.1 Å². The molecule has 1 rings (SSSR count). The molecule has 1 unspecified atom stereocenters. The highest BCUT2D eigenvalue weighted by atomic mass is 16.5. The Morgan fingerprint density at radius 2 is 2.33 bits per heavy atom. The van der Waals surface area contributed by atoms with Crippen molar-refractivity contribution in [2.75, 3.05) is 13.2 Å². The van der Waals surface area contributed by atoms with Crippen molar-refractivity contribution in [2.45, 2.75) is 38.1 Å². The summed E-state index contributed by atoms with van der Waals surface area (Å²) < 4.78 is 4.66. The number of nitrogens with one attached hydrogen (secondary N) is 1. The number of hydrogen-bond acceptors (Lipinski definition) is 3. The quantitative estimate of drug-likeness (QED) is 0.508. The van der Waals surface area contributed by atoms with Crippen LogP contribution >= 0.6 is 0 Å². The molecule has 12 heavy (non-hydrogen) atoms. The van der Waals surface area contributed by atoms with Crippen LogP contribution in [-0.2, 0) is 9.53 Å². The van der Waals surface area contributed by atoms with E-state index >= 15 is 0 Å². The summed E-state index contributed by atoms with van der Waals surface area (Å²) in [7, 11) is 0. The Labute approximate surface area is 73.5 Å². The van der Waals surface area contributed by atoms with Gasteiger partial charge >= 0.3 is 0 Å². The lowest BCUT2D eigenvalue weighted by molar-refractivity contribution is -0.128. The van der Waals surface area contributed by atoms with E-state index in [4.69, 9.17) is 0 Å². The van der Waals surface area contributed by atoms with E-state index in [1.54, 1.807) is 0 Å². The zero-order valence-corrected chi connectivity index (χ0v) is 7.42. The molecule has 70 valence electrons. The predicted molar refractivity (Wildman–Crippen MR) is 46.9 cm³/mol. The van der Waals surface area contributed by atoms with Crippen molar-refractivity contribution in [1.29, 1.82) is 0 Å². The lowest BCUT2D eigenvalue weighted by atomic mass is 10.1. The Morgan fingerprint density at radius 1 is 1.42 bits per heavy atom. The van der Waals surface area contributed by atoms with Crippen molar-refractivity contribution >= 4 is 6.47 Å². The van der Waals surface area contributed by atoms with Crippen LogP contribution in [0.5, 0.6) is 0 Å². The third-order valence-electron chi connectivity index (χ3n) is 2.31. The fourth-order valence-electron chi connectivity index (χ4n) is 1.61. The fourth-order valence-corrected chi connectivity index (χ4v) is 1.61. The first-order valence-electron chi connectivity index (χ1n) is 4.72. The second kappa shape index (κ2) is 6.00. The number of hydrogen-bond donors (Lipinski definition) is 1. The summed E-state index contributed by atoms with van der Waals surface area (Å²) in [4.78, 5) is 9.87. The molecule has 1 N–H and O–H groups in total. The molecule has 0 aromatic heterocycles. The summed E-state index contributed by atoms with van der Waals surface area (Å²) in [6.45, 7) is 2.20. The third-order valence-corrected chi connectivity index (χ3v) is 2.31. The highest BCUT2D eigenvalue weighted by Gasteiger charge is 2.10. The topological polar surface area (TPSA) is 38.3 Å². The molecule has 1 aliphatic rings. The van der Waals surface area contributed by atoms with Crippen LogP contribution in [0.15, 0.2) is 0 Å². The summed E-state index contributed by atoms with van der Waals surface area (Å²) in [5.74, 6) is 0. The molecule has 1 aliphatic heterocycles. The molecule has 0 aliphatic carbocycles. The third kappa shape index (κ3) is 3.72. The van der Waals surface area contributed by atoms with Crippen LogP contribution in [0, 0.1) is 0 Å². The fraction of sp³-hybridized carbons (Fsp3) is 0.889. The molecule has 0 amide bonds. The lowest BCUT2D eigenvalue weighted by Gasteiger charge is -2.14. The van der Waals surface area contributed by atoms with Gasteiger partial charge in [-0.1, -0.05) is 12.8 Å². The minimum atomic E-state index is 0.525. The zero-order chi connectivity index (χ0) is 8.65. The molecule has 1 fully saturated rings. The summed E-state index contributed by atoms with van der Waals surface area (Å²) >= 11 is 0. The number of rotatable bonds is 4. The number of carbonyl (C=O) groups excluding carboxylic acids is 1. The Morgan fingerprint density at radius 3 is 3.17 bits per heavy atom. The van der Waals surface area contributed by atoms with Gasteiger partial charge in [-0.25, -0.2) is 0 Å². The van der Waals surface area contributed by atoms with Crippen molar-refractivity contribution in [3.05, 3.63) is 0 Å². The normalized spacial score (nSPS) is 24.5. The van der Waals surface area contributed by atoms with Gasteiger partial charge < -0.3 is 10.1 Å². The molecule has 0 bridgehead atoms. The molecular formula is C9H17NO2. The van der Waals surface area contributed by atoms with Crippen LogP contribution in [0.3, 0.4) is 0 Å². The van der Waals surface area contributed by atoms with Crippen molar-refractivity contribution in [3.63, 3.8) is 0 Å². The van der Waals surface area contributed by atoms with E-state index in [2.05, 4.69) is 10.1 Å². The maximum atomic E-state index is 9.87. The maximum absolute atomic E-state index is 9.87. The average Bonchev–Trinajstić information content (AvgIpc) is 2.33. The summed E-state index contributed by atoms with van der Waals surface area (Å²) in [5.41, 5.74) is 0. The molecule has 1 heterocycles. The van der Waals surface area contributed by atoms with E-state index in [1.807, 2.05) is 0 Å². The monoisotopic (exact) mass is 171 g/mol. The van der Waals surface area contributed by atoms with E-state index in [0.717, 1.165) is 13.0 Å². The Bertz CT molecular complexity index is 120.